The molecule has 0 bridgehead atoms. The maximum atomic E-state index is 12.4. The number of pyridine rings is 1. The zero-order chi connectivity index (χ0) is 18.6. The number of carbonyl (C=O) groups excluding carboxylic acids is 1. The predicted molar refractivity (Wildman–Crippen MR) is 108 cm³/mol. The molecular formula is C21H17BrN4O. The van der Waals surface area contributed by atoms with E-state index in [4.69, 9.17) is 4.98 Å². The monoisotopic (exact) mass is 420 g/mol. The maximum absolute atomic E-state index is 12.4. The van der Waals surface area contributed by atoms with Crippen molar-refractivity contribution in [3.8, 4) is 0 Å². The van der Waals surface area contributed by atoms with Gasteiger partial charge in [-0.25, -0.2) is 4.98 Å². The number of hydrogen-bond donors (Lipinski definition) is 1. The highest BCUT2D eigenvalue weighted by atomic mass is 79.9. The van der Waals surface area contributed by atoms with Gasteiger partial charge in [0, 0.05) is 29.0 Å². The number of fused-ring (bicyclic) bond motifs is 1. The second kappa shape index (κ2) is 7.72. The normalized spacial score (nSPS) is 10.9. The van der Waals surface area contributed by atoms with Gasteiger partial charge in [0.05, 0.1) is 17.6 Å². The topological polar surface area (TPSA) is 59.8 Å². The van der Waals surface area contributed by atoms with Crippen molar-refractivity contribution in [1.82, 2.24) is 19.9 Å². The van der Waals surface area contributed by atoms with E-state index in [1.165, 1.54) is 5.56 Å². The summed E-state index contributed by atoms with van der Waals surface area (Å²) in [5.74, 6) is 0.682. The first kappa shape index (κ1) is 17.4. The Morgan fingerprint density at radius 2 is 1.74 bits per heavy atom. The number of hydrogen-bond acceptors (Lipinski definition) is 3. The van der Waals surface area contributed by atoms with Crippen molar-refractivity contribution in [2.24, 2.45) is 0 Å². The second-order valence-electron chi connectivity index (χ2n) is 6.15. The lowest BCUT2D eigenvalue weighted by molar-refractivity contribution is 0.0949. The lowest BCUT2D eigenvalue weighted by Crippen LogP contribution is -2.24. The SMILES string of the molecule is O=C(NCc1nc2ccccc2n1Cc1ccc(Br)cc1)c1ccncc1. The number of imidazole rings is 1. The van der Waals surface area contributed by atoms with Gasteiger partial charge in [0.1, 0.15) is 5.82 Å². The number of nitrogens with one attached hydrogen (secondary N) is 1. The summed E-state index contributed by atoms with van der Waals surface area (Å²) in [5, 5.41) is 2.95. The Morgan fingerprint density at radius 3 is 2.52 bits per heavy atom. The summed E-state index contributed by atoms with van der Waals surface area (Å²) in [4.78, 5) is 21.0. The molecule has 134 valence electrons. The number of carbonyl (C=O) groups is 1. The minimum atomic E-state index is -0.139. The van der Waals surface area contributed by atoms with Crippen LogP contribution in [0.4, 0.5) is 0 Å². The minimum absolute atomic E-state index is 0.139. The number of aromatic nitrogens is 3. The highest BCUT2D eigenvalue weighted by Gasteiger charge is 2.13. The average molecular weight is 421 g/mol. The fourth-order valence-corrected chi connectivity index (χ4v) is 3.24. The first-order valence-corrected chi connectivity index (χ1v) is 9.37. The fourth-order valence-electron chi connectivity index (χ4n) is 2.97. The molecule has 0 radical (unpaired) electrons. The van der Waals surface area contributed by atoms with Crippen LogP contribution >= 0.6 is 15.9 Å². The van der Waals surface area contributed by atoms with Crippen LogP contribution in [0, 0.1) is 0 Å². The summed E-state index contributed by atoms with van der Waals surface area (Å²) in [7, 11) is 0. The van der Waals surface area contributed by atoms with E-state index in [1.54, 1.807) is 24.5 Å². The van der Waals surface area contributed by atoms with Crippen LogP contribution < -0.4 is 5.32 Å². The number of nitrogens with zero attached hydrogens (tertiary/aromatic N) is 3. The molecule has 2 aromatic carbocycles. The van der Waals surface area contributed by atoms with Gasteiger partial charge in [-0.15, -0.1) is 0 Å². The molecule has 0 saturated carbocycles. The molecule has 2 aromatic heterocycles. The summed E-state index contributed by atoms with van der Waals surface area (Å²) >= 11 is 3.47. The molecule has 5 nitrogen and oxygen atoms in total. The molecule has 4 aromatic rings. The second-order valence-corrected chi connectivity index (χ2v) is 7.06. The van der Waals surface area contributed by atoms with Crippen LogP contribution in [-0.4, -0.2) is 20.4 Å². The van der Waals surface area contributed by atoms with Crippen molar-refractivity contribution < 1.29 is 4.79 Å². The Bertz CT molecular complexity index is 1070. The molecule has 0 aliphatic rings. The van der Waals surface area contributed by atoms with E-state index in [0.717, 1.165) is 21.3 Å². The Morgan fingerprint density at radius 1 is 1.00 bits per heavy atom. The van der Waals surface area contributed by atoms with E-state index in [9.17, 15) is 4.79 Å². The number of amides is 1. The Hall–Kier alpha value is -2.99. The molecule has 6 heteroatoms. The zero-order valence-electron chi connectivity index (χ0n) is 14.5. The number of para-hydroxylation sites is 2. The molecule has 4 rings (SSSR count). The molecule has 2 heterocycles. The van der Waals surface area contributed by atoms with Gasteiger partial charge in [-0.2, -0.15) is 0 Å². The Labute approximate surface area is 165 Å². The van der Waals surface area contributed by atoms with E-state index in [1.807, 2.05) is 30.3 Å². The van der Waals surface area contributed by atoms with E-state index in [2.05, 4.69) is 49.0 Å². The first-order chi connectivity index (χ1) is 13.2. The van der Waals surface area contributed by atoms with Crippen LogP contribution in [-0.2, 0) is 13.1 Å². The maximum Gasteiger partial charge on any atom is 0.251 e. The van der Waals surface area contributed by atoms with Crippen molar-refractivity contribution in [2.45, 2.75) is 13.1 Å². The highest BCUT2D eigenvalue weighted by Crippen LogP contribution is 2.19. The van der Waals surface area contributed by atoms with Gasteiger partial charge < -0.3 is 9.88 Å². The molecule has 1 amide bonds. The summed E-state index contributed by atoms with van der Waals surface area (Å²) in [6.07, 6.45) is 3.22. The molecule has 0 spiro atoms. The fraction of sp³-hybridized carbons (Fsp3) is 0.0952. The quantitative estimate of drug-likeness (QED) is 0.526. The van der Waals surface area contributed by atoms with Crippen LogP contribution in [0.15, 0.2) is 77.5 Å². The van der Waals surface area contributed by atoms with E-state index < -0.39 is 0 Å². The first-order valence-electron chi connectivity index (χ1n) is 8.57. The van der Waals surface area contributed by atoms with Crippen LogP contribution in [0.5, 0.6) is 0 Å². The lowest BCUT2D eigenvalue weighted by Gasteiger charge is -2.11. The third-order valence-electron chi connectivity index (χ3n) is 4.34. The molecule has 0 saturated heterocycles. The number of rotatable bonds is 5. The van der Waals surface area contributed by atoms with Crippen molar-refractivity contribution in [1.29, 1.82) is 0 Å². The third kappa shape index (κ3) is 3.90. The van der Waals surface area contributed by atoms with Crippen molar-refractivity contribution in [2.75, 3.05) is 0 Å². The molecule has 0 unspecified atom stereocenters. The largest absolute Gasteiger partial charge is 0.345 e. The summed E-state index contributed by atoms with van der Waals surface area (Å²) in [6.45, 7) is 1.04. The van der Waals surface area contributed by atoms with Crippen LogP contribution in [0.2, 0.25) is 0 Å². The highest BCUT2D eigenvalue weighted by molar-refractivity contribution is 9.10. The van der Waals surface area contributed by atoms with Gasteiger partial charge >= 0.3 is 0 Å². The Balaban J connectivity index is 1.61. The van der Waals surface area contributed by atoms with Gasteiger partial charge in [-0.1, -0.05) is 40.2 Å². The molecule has 27 heavy (non-hydrogen) atoms. The van der Waals surface area contributed by atoms with Crippen molar-refractivity contribution in [3.63, 3.8) is 0 Å². The van der Waals surface area contributed by atoms with E-state index in [0.29, 0.717) is 18.7 Å². The van der Waals surface area contributed by atoms with E-state index >= 15 is 0 Å². The summed E-state index contributed by atoms with van der Waals surface area (Å²) < 4.78 is 3.19. The van der Waals surface area contributed by atoms with Gasteiger partial charge in [0.15, 0.2) is 0 Å². The third-order valence-corrected chi connectivity index (χ3v) is 4.87. The molecule has 0 aliphatic carbocycles. The number of benzene rings is 2. The smallest absolute Gasteiger partial charge is 0.251 e. The minimum Gasteiger partial charge on any atom is -0.345 e. The molecule has 0 fully saturated rings. The average Bonchev–Trinajstić information content (AvgIpc) is 3.06. The van der Waals surface area contributed by atoms with Gasteiger partial charge in [0.2, 0.25) is 0 Å². The van der Waals surface area contributed by atoms with Gasteiger partial charge in [-0.05, 0) is 42.0 Å². The van der Waals surface area contributed by atoms with Crippen molar-refractivity contribution >= 4 is 32.9 Å². The molecule has 0 atom stereocenters. The molecule has 1 N–H and O–H groups in total. The lowest BCUT2D eigenvalue weighted by atomic mass is 10.2. The zero-order valence-corrected chi connectivity index (χ0v) is 16.1. The molecule has 0 aliphatic heterocycles. The van der Waals surface area contributed by atoms with Gasteiger partial charge in [0.25, 0.3) is 5.91 Å². The van der Waals surface area contributed by atoms with Crippen LogP contribution in [0.25, 0.3) is 11.0 Å². The van der Waals surface area contributed by atoms with E-state index in [-0.39, 0.29) is 5.91 Å². The van der Waals surface area contributed by atoms with Gasteiger partial charge in [-0.3, -0.25) is 9.78 Å². The van der Waals surface area contributed by atoms with Crippen LogP contribution in [0.1, 0.15) is 21.7 Å². The predicted octanol–water partition coefficient (Wildman–Crippen LogP) is 4.17. The van der Waals surface area contributed by atoms with Crippen LogP contribution in [0.3, 0.4) is 0 Å². The standard InChI is InChI=1S/C21H17BrN4O/c22-17-7-5-15(6-8-17)14-26-19-4-2-1-3-18(19)25-20(26)13-24-21(27)16-9-11-23-12-10-16/h1-12H,13-14H2,(H,24,27). The van der Waals surface area contributed by atoms with Crippen molar-refractivity contribution in [3.05, 3.63) is 94.5 Å². The summed E-state index contributed by atoms with van der Waals surface area (Å²) in [6, 6.07) is 19.6. The summed E-state index contributed by atoms with van der Waals surface area (Å²) in [5.41, 5.74) is 3.72. The molecular weight excluding hydrogens is 404 g/mol. The number of halogens is 1. The Kier molecular flexibility index (Phi) is 4.98.